The molecule has 0 heterocycles. The van der Waals surface area contributed by atoms with Gasteiger partial charge in [0, 0.05) is 25.9 Å². The third kappa shape index (κ3) is 3.69. The average molecular weight is 234 g/mol. The minimum atomic E-state index is -1.27. The molecule has 1 rings (SSSR count). The number of aryl methyl sites for hydroxylation is 1. The van der Waals surface area contributed by atoms with Gasteiger partial charge in [-0.1, -0.05) is 29.8 Å². The minimum Gasteiger partial charge on any atom is -0.383 e. The zero-order valence-electron chi connectivity index (χ0n) is 10.3. The first kappa shape index (κ1) is 13.4. The standard InChI is InChI=1S/C13H18N2O2/c1-9-4-6-10(7-5-9)12(16)11(13(14)17)8-15(2)3/h4-8,13,17H,14H2,1-3H3/b11-8-/t13-/m0/s1. The lowest BCUT2D eigenvalue weighted by molar-refractivity contribution is 0.0987. The number of aliphatic hydroxyl groups is 1. The largest absolute Gasteiger partial charge is 0.383 e. The van der Waals surface area contributed by atoms with Gasteiger partial charge in [0.05, 0.1) is 5.57 Å². The van der Waals surface area contributed by atoms with E-state index >= 15 is 0 Å². The van der Waals surface area contributed by atoms with Crippen molar-refractivity contribution in [1.82, 2.24) is 4.90 Å². The molecule has 4 nitrogen and oxygen atoms in total. The number of nitrogens with two attached hydrogens (primary N) is 1. The maximum absolute atomic E-state index is 12.1. The van der Waals surface area contributed by atoms with Gasteiger partial charge in [0.15, 0.2) is 5.78 Å². The number of nitrogens with zero attached hydrogens (tertiary/aromatic N) is 1. The molecule has 3 N–H and O–H groups in total. The summed E-state index contributed by atoms with van der Waals surface area (Å²) >= 11 is 0. The van der Waals surface area contributed by atoms with Crippen LogP contribution in [-0.4, -0.2) is 36.1 Å². The molecule has 0 amide bonds. The van der Waals surface area contributed by atoms with Crippen LogP contribution in [-0.2, 0) is 0 Å². The Morgan fingerprint density at radius 2 is 1.88 bits per heavy atom. The number of ketones is 1. The molecule has 0 aliphatic heterocycles. The molecule has 0 aliphatic rings. The zero-order chi connectivity index (χ0) is 13.0. The van der Waals surface area contributed by atoms with Crippen molar-refractivity contribution in [3.8, 4) is 0 Å². The summed E-state index contributed by atoms with van der Waals surface area (Å²) in [5.41, 5.74) is 7.17. The number of aliphatic hydroxyl groups excluding tert-OH is 1. The maximum Gasteiger partial charge on any atom is 0.194 e. The number of hydrogen-bond acceptors (Lipinski definition) is 4. The van der Waals surface area contributed by atoms with Gasteiger partial charge >= 0.3 is 0 Å². The first-order valence-corrected chi connectivity index (χ1v) is 5.35. The molecule has 17 heavy (non-hydrogen) atoms. The summed E-state index contributed by atoms with van der Waals surface area (Å²) in [7, 11) is 3.54. The molecule has 0 aromatic heterocycles. The van der Waals surface area contributed by atoms with Gasteiger partial charge in [0.1, 0.15) is 6.23 Å². The monoisotopic (exact) mass is 234 g/mol. The molecule has 0 bridgehead atoms. The van der Waals surface area contributed by atoms with E-state index in [0.717, 1.165) is 5.56 Å². The fourth-order valence-corrected chi connectivity index (χ4v) is 1.42. The topological polar surface area (TPSA) is 66.6 Å². The molecule has 1 aromatic rings. The molecule has 92 valence electrons. The molecule has 0 radical (unpaired) electrons. The van der Waals surface area contributed by atoms with E-state index in [2.05, 4.69) is 0 Å². The van der Waals surface area contributed by atoms with Crippen LogP contribution in [0.2, 0.25) is 0 Å². The number of rotatable bonds is 4. The summed E-state index contributed by atoms with van der Waals surface area (Å²) in [4.78, 5) is 13.8. The van der Waals surface area contributed by atoms with Gasteiger partial charge in [0.2, 0.25) is 0 Å². The Balaban J connectivity index is 3.05. The second-order valence-electron chi connectivity index (χ2n) is 4.19. The summed E-state index contributed by atoms with van der Waals surface area (Å²) in [6.07, 6.45) is 0.263. The average Bonchev–Trinajstić information content (AvgIpc) is 2.25. The molecular weight excluding hydrogens is 216 g/mol. The number of Topliss-reactive ketones (excluding diaryl/α,β-unsaturated/α-hetero) is 1. The Bertz CT molecular complexity index is 420. The predicted octanol–water partition coefficient (Wildman–Crippen LogP) is 0.900. The normalized spacial score (nSPS) is 13.4. The van der Waals surface area contributed by atoms with Crippen molar-refractivity contribution >= 4 is 5.78 Å². The van der Waals surface area contributed by atoms with Crippen molar-refractivity contribution in [2.45, 2.75) is 13.2 Å². The number of benzene rings is 1. The molecule has 0 aliphatic carbocycles. The van der Waals surface area contributed by atoms with E-state index < -0.39 is 6.23 Å². The lowest BCUT2D eigenvalue weighted by Gasteiger charge is -2.13. The first-order valence-electron chi connectivity index (χ1n) is 5.35. The van der Waals surface area contributed by atoms with Crippen LogP contribution in [0.1, 0.15) is 15.9 Å². The number of carbonyl (C=O) groups excluding carboxylic acids is 1. The van der Waals surface area contributed by atoms with Gasteiger partial charge in [-0.25, -0.2) is 0 Å². The Morgan fingerprint density at radius 1 is 1.35 bits per heavy atom. The summed E-state index contributed by atoms with van der Waals surface area (Å²) in [6.45, 7) is 1.95. The van der Waals surface area contributed by atoms with Crippen LogP contribution in [0.15, 0.2) is 36.0 Å². The quantitative estimate of drug-likeness (QED) is 0.461. The van der Waals surface area contributed by atoms with Crippen molar-refractivity contribution in [2.75, 3.05) is 14.1 Å². The highest BCUT2D eigenvalue weighted by Gasteiger charge is 2.17. The SMILES string of the molecule is Cc1ccc(C(=O)/C(=C/N(C)C)[C@@H](N)O)cc1. The molecule has 0 spiro atoms. The van der Waals surface area contributed by atoms with Crippen LogP contribution in [0.25, 0.3) is 0 Å². The van der Waals surface area contributed by atoms with E-state index in [1.54, 1.807) is 31.1 Å². The summed E-state index contributed by atoms with van der Waals surface area (Å²) in [5, 5.41) is 9.41. The van der Waals surface area contributed by atoms with Gasteiger partial charge in [-0.3, -0.25) is 4.79 Å². The Morgan fingerprint density at radius 3 is 2.29 bits per heavy atom. The predicted molar refractivity (Wildman–Crippen MR) is 67.5 cm³/mol. The van der Waals surface area contributed by atoms with E-state index in [4.69, 9.17) is 5.73 Å². The molecule has 0 saturated heterocycles. The number of hydrogen-bond donors (Lipinski definition) is 2. The molecule has 1 atom stereocenters. The van der Waals surface area contributed by atoms with E-state index in [1.165, 1.54) is 6.20 Å². The highest BCUT2D eigenvalue weighted by molar-refractivity contribution is 6.09. The van der Waals surface area contributed by atoms with Crippen molar-refractivity contribution in [2.24, 2.45) is 5.73 Å². The van der Waals surface area contributed by atoms with E-state index in [9.17, 15) is 9.90 Å². The fraction of sp³-hybridized carbons (Fsp3) is 0.308. The molecule has 0 saturated carbocycles. The minimum absolute atomic E-state index is 0.179. The van der Waals surface area contributed by atoms with E-state index in [0.29, 0.717) is 5.56 Å². The summed E-state index contributed by atoms with van der Waals surface area (Å²) in [5.74, 6) is -0.256. The van der Waals surface area contributed by atoms with Gasteiger partial charge in [-0.2, -0.15) is 0 Å². The fourth-order valence-electron chi connectivity index (χ4n) is 1.42. The van der Waals surface area contributed by atoms with Gasteiger partial charge in [0.25, 0.3) is 0 Å². The molecule has 0 fully saturated rings. The molecular formula is C13H18N2O2. The van der Waals surface area contributed by atoms with Gasteiger partial charge in [-0.05, 0) is 6.92 Å². The smallest absolute Gasteiger partial charge is 0.194 e. The molecule has 0 unspecified atom stereocenters. The second kappa shape index (κ2) is 5.61. The number of carbonyl (C=O) groups is 1. The van der Waals surface area contributed by atoms with Crippen molar-refractivity contribution < 1.29 is 9.90 Å². The van der Waals surface area contributed by atoms with E-state index in [-0.39, 0.29) is 11.4 Å². The lowest BCUT2D eigenvalue weighted by atomic mass is 10.0. The van der Waals surface area contributed by atoms with Crippen LogP contribution in [0.3, 0.4) is 0 Å². The zero-order valence-corrected chi connectivity index (χ0v) is 10.3. The highest BCUT2D eigenvalue weighted by atomic mass is 16.3. The van der Waals surface area contributed by atoms with Gasteiger partial charge < -0.3 is 15.7 Å². The molecule has 4 heteroatoms. The van der Waals surface area contributed by atoms with Crippen molar-refractivity contribution in [1.29, 1.82) is 0 Å². The van der Waals surface area contributed by atoms with Crippen LogP contribution in [0, 0.1) is 6.92 Å². The van der Waals surface area contributed by atoms with Crippen LogP contribution >= 0.6 is 0 Å². The third-order valence-electron chi connectivity index (χ3n) is 2.29. The Hall–Kier alpha value is -1.65. The summed E-state index contributed by atoms with van der Waals surface area (Å²) < 4.78 is 0. The Kier molecular flexibility index (Phi) is 4.43. The molecule has 1 aromatic carbocycles. The second-order valence-corrected chi connectivity index (χ2v) is 4.19. The van der Waals surface area contributed by atoms with E-state index in [1.807, 2.05) is 19.1 Å². The van der Waals surface area contributed by atoms with Crippen molar-refractivity contribution in [3.63, 3.8) is 0 Å². The first-order chi connectivity index (χ1) is 7.91. The van der Waals surface area contributed by atoms with Crippen molar-refractivity contribution in [3.05, 3.63) is 47.2 Å². The Labute approximate surface area is 101 Å². The van der Waals surface area contributed by atoms with Crippen LogP contribution < -0.4 is 5.73 Å². The lowest BCUT2D eigenvalue weighted by Crippen LogP contribution is -2.28. The van der Waals surface area contributed by atoms with Crippen LogP contribution in [0.5, 0.6) is 0 Å². The van der Waals surface area contributed by atoms with Crippen LogP contribution in [0.4, 0.5) is 0 Å². The third-order valence-corrected chi connectivity index (χ3v) is 2.29. The van der Waals surface area contributed by atoms with Gasteiger partial charge in [-0.15, -0.1) is 0 Å². The highest BCUT2D eigenvalue weighted by Crippen LogP contribution is 2.11. The summed E-state index contributed by atoms with van der Waals surface area (Å²) in [6, 6.07) is 7.15. The maximum atomic E-state index is 12.1.